The van der Waals surface area contributed by atoms with Crippen LogP contribution in [-0.4, -0.2) is 18.6 Å². The lowest BCUT2D eigenvalue weighted by Crippen LogP contribution is -2.35. The summed E-state index contributed by atoms with van der Waals surface area (Å²) < 4.78 is 5.69. The Morgan fingerprint density at radius 2 is 2.09 bits per heavy atom. The molecule has 0 aliphatic heterocycles. The summed E-state index contributed by atoms with van der Waals surface area (Å²) >= 11 is 0. The van der Waals surface area contributed by atoms with Crippen molar-refractivity contribution in [3.63, 3.8) is 0 Å². The van der Waals surface area contributed by atoms with Crippen molar-refractivity contribution in [1.29, 1.82) is 0 Å². The van der Waals surface area contributed by atoms with Crippen LogP contribution < -0.4 is 15.8 Å². The van der Waals surface area contributed by atoms with Gasteiger partial charge in [0.15, 0.2) is 0 Å². The molecule has 1 aliphatic rings. The third-order valence-electron chi connectivity index (χ3n) is 4.12. The number of hydrogen-bond donors (Lipinski definition) is 2. The zero-order valence-corrected chi connectivity index (χ0v) is 14.9. The molecule has 0 aromatic heterocycles. The van der Waals surface area contributed by atoms with Gasteiger partial charge < -0.3 is 15.8 Å². The molecule has 2 atom stereocenters. The average molecular weight is 341 g/mol. The number of amides is 1. The molecular formula is C18H29ClN2O2. The summed E-state index contributed by atoms with van der Waals surface area (Å²) in [6.45, 7) is 4.90. The summed E-state index contributed by atoms with van der Waals surface area (Å²) in [5, 5.41) is 2.96. The second-order valence-electron chi connectivity index (χ2n) is 6.69. The van der Waals surface area contributed by atoms with E-state index >= 15 is 0 Å². The summed E-state index contributed by atoms with van der Waals surface area (Å²) in [6, 6.07) is 7.74. The summed E-state index contributed by atoms with van der Waals surface area (Å²) in [5.74, 6) is 1.63. The largest absolute Gasteiger partial charge is 0.493 e. The van der Waals surface area contributed by atoms with Crippen molar-refractivity contribution in [3.05, 3.63) is 24.3 Å². The molecule has 1 fully saturated rings. The smallest absolute Gasteiger partial charge is 0.224 e. The molecule has 0 saturated heterocycles. The minimum absolute atomic E-state index is 0. The maximum absolute atomic E-state index is 12.2. The molecule has 1 aliphatic carbocycles. The normalized spacial score (nSPS) is 20.7. The van der Waals surface area contributed by atoms with Crippen LogP contribution in [0.3, 0.4) is 0 Å². The first-order chi connectivity index (χ1) is 10.5. The van der Waals surface area contributed by atoms with E-state index in [4.69, 9.17) is 10.5 Å². The van der Waals surface area contributed by atoms with Crippen molar-refractivity contribution >= 4 is 24.0 Å². The maximum atomic E-state index is 12.2. The van der Waals surface area contributed by atoms with Crippen molar-refractivity contribution in [1.82, 2.24) is 0 Å². The van der Waals surface area contributed by atoms with Gasteiger partial charge >= 0.3 is 0 Å². The summed E-state index contributed by atoms with van der Waals surface area (Å²) in [6.07, 6.45) is 4.99. The molecule has 0 bridgehead atoms. The fourth-order valence-corrected chi connectivity index (χ4v) is 2.87. The highest BCUT2D eigenvalue weighted by atomic mass is 35.5. The number of ether oxygens (including phenoxy) is 1. The lowest BCUT2D eigenvalue weighted by atomic mass is 9.83. The molecule has 5 heteroatoms. The third kappa shape index (κ3) is 6.80. The van der Waals surface area contributed by atoms with E-state index in [0.717, 1.165) is 24.3 Å². The first-order valence-corrected chi connectivity index (χ1v) is 8.33. The minimum atomic E-state index is 0. The molecule has 1 saturated carbocycles. The van der Waals surface area contributed by atoms with Crippen LogP contribution in [0.4, 0.5) is 5.69 Å². The Kier molecular flexibility index (Phi) is 8.42. The Bertz CT molecular complexity index is 494. The van der Waals surface area contributed by atoms with Crippen molar-refractivity contribution in [2.75, 3.05) is 11.9 Å². The highest BCUT2D eigenvalue weighted by Crippen LogP contribution is 2.26. The number of benzene rings is 1. The van der Waals surface area contributed by atoms with E-state index in [1.54, 1.807) is 0 Å². The van der Waals surface area contributed by atoms with Gasteiger partial charge in [-0.05, 0) is 36.8 Å². The zero-order chi connectivity index (χ0) is 15.9. The Balaban J connectivity index is 0.00000264. The first kappa shape index (κ1) is 19.8. The van der Waals surface area contributed by atoms with E-state index in [0.29, 0.717) is 24.9 Å². The van der Waals surface area contributed by atoms with Crippen LogP contribution in [0.1, 0.15) is 46.0 Å². The van der Waals surface area contributed by atoms with Gasteiger partial charge in [-0.15, -0.1) is 12.4 Å². The lowest BCUT2D eigenvalue weighted by Gasteiger charge is -2.27. The van der Waals surface area contributed by atoms with E-state index < -0.39 is 0 Å². The van der Waals surface area contributed by atoms with Crippen molar-refractivity contribution in [2.24, 2.45) is 17.6 Å². The van der Waals surface area contributed by atoms with E-state index in [-0.39, 0.29) is 24.4 Å². The Labute approximate surface area is 145 Å². The summed E-state index contributed by atoms with van der Waals surface area (Å²) in [5.41, 5.74) is 6.90. The van der Waals surface area contributed by atoms with Gasteiger partial charge in [-0.2, -0.15) is 0 Å². The standard InChI is InChI=1S/C18H28N2O2.ClH/c1-13(2)12-22-16-8-5-7-15(11-16)20-18(21)10-14-6-3-4-9-17(14)19;/h5,7-8,11,13-14,17H,3-4,6,9-10,12,19H2,1-2H3,(H,20,21);1H. The number of nitrogens with two attached hydrogens (primary N) is 1. The average Bonchev–Trinajstić information content (AvgIpc) is 2.48. The number of carbonyl (C=O) groups is 1. The molecule has 0 radical (unpaired) electrons. The highest BCUT2D eigenvalue weighted by molar-refractivity contribution is 5.91. The second kappa shape index (κ2) is 9.78. The number of anilines is 1. The van der Waals surface area contributed by atoms with Gasteiger partial charge in [0.25, 0.3) is 0 Å². The molecule has 3 N–H and O–H groups in total. The van der Waals surface area contributed by atoms with Gasteiger partial charge in [0.1, 0.15) is 5.75 Å². The molecule has 0 spiro atoms. The second-order valence-corrected chi connectivity index (χ2v) is 6.69. The maximum Gasteiger partial charge on any atom is 0.224 e. The molecule has 2 rings (SSSR count). The zero-order valence-electron chi connectivity index (χ0n) is 14.1. The highest BCUT2D eigenvalue weighted by Gasteiger charge is 2.24. The van der Waals surface area contributed by atoms with Crippen molar-refractivity contribution in [2.45, 2.75) is 52.0 Å². The summed E-state index contributed by atoms with van der Waals surface area (Å²) in [4.78, 5) is 12.2. The van der Waals surface area contributed by atoms with Crippen LogP contribution in [0.2, 0.25) is 0 Å². The van der Waals surface area contributed by atoms with Gasteiger partial charge in [0.2, 0.25) is 5.91 Å². The van der Waals surface area contributed by atoms with Gasteiger partial charge in [0, 0.05) is 24.2 Å². The molecule has 1 amide bonds. The van der Waals surface area contributed by atoms with Crippen LogP contribution in [-0.2, 0) is 4.79 Å². The molecule has 1 aromatic carbocycles. The predicted octanol–water partition coefficient (Wildman–Crippen LogP) is 3.99. The topological polar surface area (TPSA) is 64.3 Å². The summed E-state index contributed by atoms with van der Waals surface area (Å²) in [7, 11) is 0. The van der Waals surface area contributed by atoms with Crippen molar-refractivity contribution in [3.8, 4) is 5.75 Å². The van der Waals surface area contributed by atoms with Crippen LogP contribution >= 0.6 is 12.4 Å². The van der Waals surface area contributed by atoms with Crippen molar-refractivity contribution < 1.29 is 9.53 Å². The van der Waals surface area contributed by atoms with Gasteiger partial charge in [-0.1, -0.05) is 32.8 Å². The van der Waals surface area contributed by atoms with Gasteiger partial charge in [-0.25, -0.2) is 0 Å². The molecule has 1 aromatic rings. The van der Waals surface area contributed by atoms with Crippen LogP contribution in [0, 0.1) is 11.8 Å². The minimum Gasteiger partial charge on any atom is -0.493 e. The number of rotatable bonds is 6. The molecule has 4 nitrogen and oxygen atoms in total. The monoisotopic (exact) mass is 340 g/mol. The van der Waals surface area contributed by atoms with E-state index in [2.05, 4.69) is 19.2 Å². The van der Waals surface area contributed by atoms with Gasteiger partial charge in [0.05, 0.1) is 6.61 Å². The SMILES string of the molecule is CC(C)COc1cccc(NC(=O)CC2CCCCC2N)c1.Cl. The fraction of sp³-hybridized carbons (Fsp3) is 0.611. The number of nitrogens with one attached hydrogen (secondary N) is 1. The lowest BCUT2D eigenvalue weighted by molar-refractivity contribution is -0.117. The molecule has 23 heavy (non-hydrogen) atoms. The van der Waals surface area contributed by atoms with Crippen LogP contribution in [0.25, 0.3) is 0 Å². The first-order valence-electron chi connectivity index (χ1n) is 8.33. The van der Waals surface area contributed by atoms with E-state index in [9.17, 15) is 4.79 Å². The quantitative estimate of drug-likeness (QED) is 0.823. The fourth-order valence-electron chi connectivity index (χ4n) is 2.87. The Morgan fingerprint density at radius 3 is 2.78 bits per heavy atom. The molecule has 130 valence electrons. The third-order valence-corrected chi connectivity index (χ3v) is 4.12. The number of carbonyl (C=O) groups excluding carboxylic acids is 1. The predicted molar refractivity (Wildman–Crippen MR) is 97.2 cm³/mol. The molecule has 0 heterocycles. The van der Waals surface area contributed by atoms with Gasteiger partial charge in [-0.3, -0.25) is 4.79 Å². The molecular weight excluding hydrogens is 312 g/mol. The number of hydrogen-bond acceptors (Lipinski definition) is 3. The van der Waals surface area contributed by atoms with Crippen LogP contribution in [0.5, 0.6) is 5.75 Å². The van der Waals surface area contributed by atoms with E-state index in [1.807, 2.05) is 24.3 Å². The van der Waals surface area contributed by atoms with E-state index in [1.165, 1.54) is 12.8 Å². The van der Waals surface area contributed by atoms with Crippen LogP contribution in [0.15, 0.2) is 24.3 Å². The Morgan fingerprint density at radius 1 is 1.35 bits per heavy atom. The number of halogens is 1. The Hall–Kier alpha value is -1.26. The molecule has 2 unspecified atom stereocenters.